The maximum Gasteiger partial charge on any atom is 0.160 e. The second-order valence-electron chi connectivity index (χ2n) is 13.9. The number of fused-ring (bicyclic) bond motifs is 4. The summed E-state index contributed by atoms with van der Waals surface area (Å²) in [4.78, 5) is 10.1. The lowest BCUT2D eigenvalue weighted by Crippen LogP contribution is -1.97. The molecule has 0 aliphatic carbocycles. The number of aromatic nitrogens is 4. The Balaban J connectivity index is 1.05. The molecular weight excluding hydrogens is 681 g/mol. The molecule has 56 heavy (non-hydrogen) atoms. The lowest BCUT2D eigenvalue weighted by Gasteiger charge is -2.11. The fraction of sp³-hybridized carbons (Fsp3) is 0. The van der Waals surface area contributed by atoms with Crippen LogP contribution in [0.15, 0.2) is 195 Å². The molecule has 0 aliphatic heterocycles. The Morgan fingerprint density at radius 3 is 1.59 bits per heavy atom. The molecule has 10 aromatic rings. The van der Waals surface area contributed by atoms with E-state index < -0.39 is 0 Å². The minimum atomic E-state index is 0.696. The Morgan fingerprint density at radius 2 is 0.946 bits per heavy atom. The standard InChI is InChI=1S/C52H36N4/c1-2-42-43-22-12-14-24-48(43)55(40-20-10-5-11-21-40)50(42)32-26-36-27-33-51-45(34-36)44-23-13-15-25-49(44)56(51)41-30-28-39(29-31-41)52-53-46(37-16-6-3-7-17-37)35-47(54-52)38-18-8-4-9-19-38/h2-35H,1H2. The third-order valence-corrected chi connectivity index (χ3v) is 10.5. The van der Waals surface area contributed by atoms with Gasteiger partial charge in [-0.05, 0) is 78.4 Å². The van der Waals surface area contributed by atoms with E-state index in [-0.39, 0.29) is 0 Å². The summed E-state index contributed by atoms with van der Waals surface area (Å²) in [6, 6.07) is 65.8. The molecule has 0 bridgehead atoms. The van der Waals surface area contributed by atoms with E-state index >= 15 is 0 Å². The molecule has 0 saturated carbocycles. The van der Waals surface area contributed by atoms with Crippen molar-refractivity contribution in [3.05, 3.63) is 211 Å². The normalized spacial score (nSPS) is 11.6. The summed E-state index contributed by atoms with van der Waals surface area (Å²) in [5.41, 5.74) is 13.9. The van der Waals surface area contributed by atoms with E-state index in [2.05, 4.69) is 180 Å². The molecule has 4 nitrogen and oxygen atoms in total. The summed E-state index contributed by atoms with van der Waals surface area (Å²) >= 11 is 0. The van der Waals surface area contributed by atoms with Crippen LogP contribution in [0.25, 0.3) is 96.2 Å². The monoisotopic (exact) mass is 716 g/mol. The summed E-state index contributed by atoms with van der Waals surface area (Å²) < 4.78 is 4.67. The molecule has 10 rings (SSSR count). The highest BCUT2D eigenvalue weighted by Crippen LogP contribution is 2.36. The Hall–Kier alpha value is -7.56. The SMILES string of the molecule is C=Cc1c(C=Cc2ccc3c(c2)c2ccccc2n3-c2ccc(-c3nc(-c4ccccc4)cc(-c4ccccc4)n3)cc2)n(-c2ccccc2)c2ccccc12. The smallest absolute Gasteiger partial charge is 0.160 e. The van der Waals surface area contributed by atoms with E-state index in [1.54, 1.807) is 0 Å². The van der Waals surface area contributed by atoms with Crippen molar-refractivity contribution in [3.8, 4) is 45.3 Å². The first-order valence-electron chi connectivity index (χ1n) is 18.9. The van der Waals surface area contributed by atoms with Gasteiger partial charge in [0.25, 0.3) is 0 Å². The number of para-hydroxylation sites is 3. The van der Waals surface area contributed by atoms with Crippen molar-refractivity contribution < 1.29 is 0 Å². The molecule has 3 aromatic heterocycles. The number of rotatable bonds is 8. The van der Waals surface area contributed by atoms with Crippen LogP contribution in [0.3, 0.4) is 0 Å². The molecule has 4 heteroatoms. The van der Waals surface area contributed by atoms with Crippen LogP contribution in [0, 0.1) is 0 Å². The molecule has 0 unspecified atom stereocenters. The average molecular weight is 717 g/mol. The molecule has 0 spiro atoms. The van der Waals surface area contributed by atoms with E-state index in [1.807, 2.05) is 42.5 Å². The summed E-state index contributed by atoms with van der Waals surface area (Å²) in [6.07, 6.45) is 6.41. The van der Waals surface area contributed by atoms with Crippen molar-refractivity contribution >= 4 is 50.9 Å². The molecule has 0 radical (unpaired) electrons. The van der Waals surface area contributed by atoms with Crippen LogP contribution in [0.4, 0.5) is 0 Å². The second-order valence-corrected chi connectivity index (χ2v) is 13.9. The predicted octanol–water partition coefficient (Wildman–Crippen LogP) is 13.3. The molecule has 0 fully saturated rings. The maximum atomic E-state index is 5.06. The second kappa shape index (κ2) is 14.0. The van der Waals surface area contributed by atoms with E-state index in [0.29, 0.717) is 5.82 Å². The molecular formula is C52H36N4. The van der Waals surface area contributed by atoms with Gasteiger partial charge in [-0.1, -0.05) is 140 Å². The van der Waals surface area contributed by atoms with E-state index in [4.69, 9.17) is 9.97 Å². The van der Waals surface area contributed by atoms with E-state index in [0.717, 1.165) is 72.8 Å². The Bertz CT molecular complexity index is 3000. The minimum absolute atomic E-state index is 0.696. The lowest BCUT2D eigenvalue weighted by molar-refractivity contribution is 1.11. The molecule has 0 amide bonds. The highest BCUT2D eigenvalue weighted by atomic mass is 15.0. The third kappa shape index (κ3) is 5.81. The number of hydrogen-bond acceptors (Lipinski definition) is 2. The quantitative estimate of drug-likeness (QED) is 0.157. The summed E-state index contributed by atoms with van der Waals surface area (Å²) in [5, 5.41) is 3.59. The van der Waals surface area contributed by atoms with Crippen molar-refractivity contribution in [1.82, 2.24) is 19.1 Å². The number of nitrogens with zero attached hydrogens (tertiary/aromatic N) is 4. The third-order valence-electron chi connectivity index (χ3n) is 10.5. The highest BCUT2D eigenvalue weighted by molar-refractivity contribution is 6.10. The molecule has 3 heterocycles. The molecule has 0 atom stereocenters. The number of benzene rings is 7. The van der Waals surface area contributed by atoms with Crippen molar-refractivity contribution in [2.24, 2.45) is 0 Å². The van der Waals surface area contributed by atoms with Crippen molar-refractivity contribution in [1.29, 1.82) is 0 Å². The molecule has 264 valence electrons. The summed E-state index contributed by atoms with van der Waals surface area (Å²) in [7, 11) is 0. The van der Waals surface area contributed by atoms with Gasteiger partial charge in [0.15, 0.2) is 5.82 Å². The topological polar surface area (TPSA) is 35.6 Å². The van der Waals surface area contributed by atoms with Gasteiger partial charge in [0.1, 0.15) is 0 Å². The van der Waals surface area contributed by atoms with Gasteiger partial charge >= 0.3 is 0 Å². The van der Waals surface area contributed by atoms with Crippen LogP contribution in [0.1, 0.15) is 16.8 Å². The van der Waals surface area contributed by atoms with Gasteiger partial charge in [-0.3, -0.25) is 0 Å². The van der Waals surface area contributed by atoms with Crippen LogP contribution in [0.2, 0.25) is 0 Å². The molecule has 0 saturated heterocycles. The number of hydrogen-bond donors (Lipinski definition) is 0. The van der Waals surface area contributed by atoms with E-state index in [1.165, 1.54) is 16.2 Å². The zero-order valence-electron chi connectivity index (χ0n) is 30.6. The van der Waals surface area contributed by atoms with Crippen molar-refractivity contribution in [2.45, 2.75) is 0 Å². The average Bonchev–Trinajstić information content (AvgIpc) is 3.78. The lowest BCUT2D eigenvalue weighted by atomic mass is 10.1. The van der Waals surface area contributed by atoms with Gasteiger partial charge in [-0.25, -0.2) is 9.97 Å². The molecule has 0 N–H and O–H groups in total. The molecule has 0 aliphatic rings. The van der Waals surface area contributed by atoms with Crippen LogP contribution >= 0.6 is 0 Å². The first-order valence-corrected chi connectivity index (χ1v) is 18.9. The van der Waals surface area contributed by atoms with Crippen LogP contribution < -0.4 is 0 Å². The predicted molar refractivity (Wildman–Crippen MR) is 235 cm³/mol. The highest BCUT2D eigenvalue weighted by Gasteiger charge is 2.16. The Labute approximate surface area is 325 Å². The van der Waals surface area contributed by atoms with Crippen molar-refractivity contribution in [3.63, 3.8) is 0 Å². The van der Waals surface area contributed by atoms with Crippen LogP contribution in [0.5, 0.6) is 0 Å². The minimum Gasteiger partial charge on any atom is -0.309 e. The fourth-order valence-corrected chi connectivity index (χ4v) is 7.92. The van der Waals surface area contributed by atoms with Gasteiger partial charge < -0.3 is 9.13 Å². The maximum absolute atomic E-state index is 5.06. The van der Waals surface area contributed by atoms with Gasteiger partial charge in [-0.2, -0.15) is 0 Å². The largest absolute Gasteiger partial charge is 0.309 e. The molecule has 7 aromatic carbocycles. The van der Waals surface area contributed by atoms with Gasteiger partial charge in [-0.15, -0.1) is 0 Å². The van der Waals surface area contributed by atoms with Gasteiger partial charge in [0.05, 0.1) is 33.6 Å². The zero-order chi connectivity index (χ0) is 37.4. The van der Waals surface area contributed by atoms with Gasteiger partial charge in [0, 0.05) is 49.8 Å². The van der Waals surface area contributed by atoms with E-state index in [9.17, 15) is 0 Å². The van der Waals surface area contributed by atoms with Crippen LogP contribution in [-0.4, -0.2) is 19.1 Å². The zero-order valence-corrected chi connectivity index (χ0v) is 30.6. The summed E-state index contributed by atoms with van der Waals surface area (Å²) in [5.74, 6) is 0.696. The first kappa shape index (κ1) is 33.0. The summed E-state index contributed by atoms with van der Waals surface area (Å²) in [6.45, 7) is 4.21. The van der Waals surface area contributed by atoms with Crippen LogP contribution in [-0.2, 0) is 0 Å². The first-order chi connectivity index (χ1) is 27.7. The Morgan fingerprint density at radius 1 is 0.411 bits per heavy atom. The Kier molecular flexibility index (Phi) is 8.27. The van der Waals surface area contributed by atoms with Crippen molar-refractivity contribution in [2.75, 3.05) is 0 Å². The fourth-order valence-electron chi connectivity index (χ4n) is 7.92. The van der Waals surface area contributed by atoms with Gasteiger partial charge in [0.2, 0.25) is 0 Å².